The maximum absolute atomic E-state index is 13.7. The van der Waals surface area contributed by atoms with Gasteiger partial charge in [-0.1, -0.05) is 6.07 Å². The van der Waals surface area contributed by atoms with Crippen LogP contribution in [0.1, 0.15) is 31.4 Å². The van der Waals surface area contributed by atoms with E-state index in [1.165, 1.54) is 36.5 Å². The van der Waals surface area contributed by atoms with Gasteiger partial charge in [-0.05, 0) is 49.8 Å². The molecule has 0 saturated carbocycles. The minimum absolute atomic E-state index is 0.0137. The predicted octanol–water partition coefficient (Wildman–Crippen LogP) is 3.33. The third-order valence-electron chi connectivity index (χ3n) is 3.50. The fraction of sp³-hybridized carbons (Fsp3) is 0.571. The van der Waals surface area contributed by atoms with Gasteiger partial charge in [-0.2, -0.15) is 11.8 Å². The van der Waals surface area contributed by atoms with Crippen molar-refractivity contribution in [3.05, 3.63) is 29.6 Å². The van der Waals surface area contributed by atoms with Crippen LogP contribution in [0.4, 0.5) is 4.39 Å². The highest BCUT2D eigenvalue weighted by molar-refractivity contribution is 7.99. The Morgan fingerprint density at radius 3 is 2.83 bits per heavy atom. The first-order valence-corrected chi connectivity index (χ1v) is 7.62. The lowest BCUT2D eigenvalue weighted by Gasteiger charge is -2.24. The quantitative estimate of drug-likeness (QED) is 0.879. The van der Waals surface area contributed by atoms with Gasteiger partial charge in [0.1, 0.15) is 11.6 Å². The Bertz CT molecular complexity index is 393. The molecule has 0 spiro atoms. The van der Waals surface area contributed by atoms with Crippen LogP contribution >= 0.6 is 11.8 Å². The van der Waals surface area contributed by atoms with E-state index in [0.717, 1.165) is 6.54 Å². The molecule has 1 aromatic rings. The summed E-state index contributed by atoms with van der Waals surface area (Å²) in [6.45, 7) is 2.91. The summed E-state index contributed by atoms with van der Waals surface area (Å²) >= 11 is 2.02. The van der Waals surface area contributed by atoms with Crippen LogP contribution in [0.25, 0.3) is 0 Å². The van der Waals surface area contributed by atoms with Crippen molar-refractivity contribution in [2.24, 2.45) is 5.92 Å². The summed E-state index contributed by atoms with van der Waals surface area (Å²) in [5, 5.41) is 12.6. The van der Waals surface area contributed by atoms with E-state index in [1.54, 1.807) is 6.07 Å². The number of nitrogens with one attached hydrogen (secondary N) is 1. The lowest BCUT2D eigenvalue weighted by atomic mass is 10.0. The van der Waals surface area contributed by atoms with E-state index >= 15 is 0 Å². The van der Waals surface area contributed by atoms with Gasteiger partial charge in [0.25, 0.3) is 0 Å². The summed E-state index contributed by atoms with van der Waals surface area (Å²) in [7, 11) is 0. The van der Waals surface area contributed by atoms with E-state index in [-0.39, 0.29) is 17.6 Å². The van der Waals surface area contributed by atoms with Gasteiger partial charge in [-0.3, -0.25) is 0 Å². The van der Waals surface area contributed by atoms with Crippen molar-refractivity contribution in [3.63, 3.8) is 0 Å². The van der Waals surface area contributed by atoms with Crippen molar-refractivity contribution in [3.8, 4) is 5.75 Å². The average Bonchev–Trinajstić information content (AvgIpc) is 2.37. The van der Waals surface area contributed by atoms with Gasteiger partial charge < -0.3 is 10.4 Å². The van der Waals surface area contributed by atoms with E-state index in [2.05, 4.69) is 5.32 Å². The highest BCUT2D eigenvalue weighted by Gasteiger charge is 2.16. The van der Waals surface area contributed by atoms with Crippen LogP contribution in [-0.4, -0.2) is 23.2 Å². The summed E-state index contributed by atoms with van der Waals surface area (Å²) in [5.74, 6) is 2.85. The molecule has 0 radical (unpaired) electrons. The molecule has 1 unspecified atom stereocenters. The molecule has 0 aromatic heterocycles. The fourth-order valence-electron chi connectivity index (χ4n) is 2.27. The first kappa shape index (κ1) is 13.7. The van der Waals surface area contributed by atoms with E-state index in [1.807, 2.05) is 18.7 Å². The second-order valence-electron chi connectivity index (χ2n) is 4.89. The highest BCUT2D eigenvalue weighted by Crippen LogP contribution is 2.24. The molecule has 4 heteroatoms. The SMILES string of the molecule is CC(NCC1CCSCC1)c1ccc(O)cc1F. The highest BCUT2D eigenvalue weighted by atomic mass is 32.2. The zero-order valence-corrected chi connectivity index (χ0v) is 11.5. The van der Waals surface area contributed by atoms with Gasteiger partial charge in [0.15, 0.2) is 0 Å². The molecular weight excluding hydrogens is 249 g/mol. The molecule has 1 saturated heterocycles. The molecule has 1 atom stereocenters. The second-order valence-corrected chi connectivity index (χ2v) is 6.12. The number of aromatic hydroxyl groups is 1. The monoisotopic (exact) mass is 269 g/mol. The van der Waals surface area contributed by atoms with Crippen molar-refractivity contribution in [1.82, 2.24) is 5.32 Å². The number of hydrogen-bond acceptors (Lipinski definition) is 3. The summed E-state index contributed by atoms with van der Waals surface area (Å²) in [6.07, 6.45) is 2.50. The van der Waals surface area contributed by atoms with E-state index in [4.69, 9.17) is 0 Å². The van der Waals surface area contributed by atoms with Crippen molar-refractivity contribution < 1.29 is 9.50 Å². The summed E-state index contributed by atoms with van der Waals surface area (Å²) in [5.41, 5.74) is 0.623. The topological polar surface area (TPSA) is 32.3 Å². The molecule has 18 heavy (non-hydrogen) atoms. The Balaban J connectivity index is 1.88. The molecule has 0 amide bonds. The third kappa shape index (κ3) is 3.62. The number of phenolic OH excluding ortho intramolecular Hbond substituents is 1. The number of halogens is 1. The summed E-state index contributed by atoms with van der Waals surface area (Å²) in [4.78, 5) is 0. The van der Waals surface area contributed by atoms with Gasteiger partial charge in [-0.25, -0.2) is 4.39 Å². The zero-order valence-electron chi connectivity index (χ0n) is 10.7. The van der Waals surface area contributed by atoms with Crippen LogP contribution in [0, 0.1) is 11.7 Å². The van der Waals surface area contributed by atoms with Crippen molar-refractivity contribution >= 4 is 11.8 Å². The van der Waals surface area contributed by atoms with Crippen LogP contribution in [-0.2, 0) is 0 Å². The van der Waals surface area contributed by atoms with E-state index in [9.17, 15) is 9.50 Å². The minimum Gasteiger partial charge on any atom is -0.508 e. The number of rotatable bonds is 4. The summed E-state index contributed by atoms with van der Waals surface area (Å²) in [6, 6.07) is 4.35. The molecule has 1 heterocycles. The number of benzene rings is 1. The molecule has 1 aliphatic heterocycles. The number of hydrogen-bond donors (Lipinski definition) is 2. The van der Waals surface area contributed by atoms with Crippen LogP contribution in [0.15, 0.2) is 18.2 Å². The largest absolute Gasteiger partial charge is 0.508 e. The Hall–Kier alpha value is -0.740. The standard InChI is InChI=1S/C14H20FNOS/c1-10(13-3-2-12(17)8-14(13)15)16-9-11-4-6-18-7-5-11/h2-3,8,10-11,16-17H,4-7,9H2,1H3. The van der Waals surface area contributed by atoms with Crippen molar-refractivity contribution in [1.29, 1.82) is 0 Å². The Labute approximate surface area is 112 Å². The molecule has 100 valence electrons. The molecule has 2 rings (SSSR count). The Morgan fingerprint density at radius 2 is 2.17 bits per heavy atom. The van der Waals surface area contributed by atoms with Gasteiger partial charge in [0.05, 0.1) is 0 Å². The van der Waals surface area contributed by atoms with Gasteiger partial charge in [-0.15, -0.1) is 0 Å². The molecule has 0 bridgehead atoms. The zero-order chi connectivity index (χ0) is 13.0. The van der Waals surface area contributed by atoms with Gasteiger partial charge in [0, 0.05) is 17.7 Å². The molecular formula is C14H20FNOS. The summed E-state index contributed by atoms with van der Waals surface area (Å²) < 4.78 is 13.7. The number of phenols is 1. The van der Waals surface area contributed by atoms with Crippen LogP contribution in [0.5, 0.6) is 5.75 Å². The minimum atomic E-state index is -0.339. The first-order valence-electron chi connectivity index (χ1n) is 6.46. The van der Waals surface area contributed by atoms with E-state index in [0.29, 0.717) is 11.5 Å². The molecule has 1 aromatic carbocycles. The molecule has 0 aliphatic carbocycles. The van der Waals surface area contributed by atoms with Crippen molar-refractivity contribution in [2.45, 2.75) is 25.8 Å². The maximum atomic E-state index is 13.7. The van der Waals surface area contributed by atoms with Crippen LogP contribution < -0.4 is 5.32 Å². The molecule has 2 nitrogen and oxygen atoms in total. The van der Waals surface area contributed by atoms with E-state index < -0.39 is 0 Å². The van der Waals surface area contributed by atoms with Crippen molar-refractivity contribution in [2.75, 3.05) is 18.1 Å². The lowest BCUT2D eigenvalue weighted by Crippen LogP contribution is -2.28. The average molecular weight is 269 g/mol. The Morgan fingerprint density at radius 1 is 1.44 bits per heavy atom. The second kappa shape index (κ2) is 6.43. The lowest BCUT2D eigenvalue weighted by molar-refractivity contribution is 0.413. The Kier molecular flexibility index (Phi) is 4.89. The van der Waals surface area contributed by atoms with Gasteiger partial charge in [0.2, 0.25) is 0 Å². The fourth-order valence-corrected chi connectivity index (χ4v) is 3.48. The van der Waals surface area contributed by atoms with Gasteiger partial charge >= 0.3 is 0 Å². The molecule has 1 aliphatic rings. The maximum Gasteiger partial charge on any atom is 0.131 e. The first-order chi connectivity index (χ1) is 8.66. The molecule has 2 N–H and O–H groups in total. The van der Waals surface area contributed by atoms with Crippen LogP contribution in [0.2, 0.25) is 0 Å². The smallest absolute Gasteiger partial charge is 0.131 e. The normalized spacial score (nSPS) is 18.8. The molecule has 1 fully saturated rings. The number of thioether (sulfide) groups is 1. The third-order valence-corrected chi connectivity index (χ3v) is 4.55. The van der Waals surface area contributed by atoms with Crippen LogP contribution in [0.3, 0.4) is 0 Å². The predicted molar refractivity (Wildman–Crippen MR) is 74.5 cm³/mol.